The van der Waals surface area contributed by atoms with Crippen LogP contribution < -0.4 is 5.32 Å². The fourth-order valence-corrected chi connectivity index (χ4v) is 1.75. The fraction of sp³-hybridized carbons (Fsp3) is 1.00. The molecule has 1 heterocycles. The summed E-state index contributed by atoms with van der Waals surface area (Å²) in [6, 6.07) is 0.813. The van der Waals surface area contributed by atoms with Gasteiger partial charge in [0.2, 0.25) is 0 Å². The zero-order valence-corrected chi connectivity index (χ0v) is 8.51. The molecule has 3 nitrogen and oxygen atoms in total. The Bertz CT molecular complexity index is 121. The van der Waals surface area contributed by atoms with Gasteiger partial charge in [-0.15, -0.1) is 0 Å². The van der Waals surface area contributed by atoms with E-state index in [1.54, 1.807) is 0 Å². The van der Waals surface area contributed by atoms with Gasteiger partial charge < -0.3 is 10.2 Å². The molecule has 1 aliphatic heterocycles. The molecule has 3 heteroatoms. The van der Waals surface area contributed by atoms with E-state index in [0.717, 1.165) is 12.6 Å². The third-order valence-corrected chi connectivity index (χ3v) is 2.62. The van der Waals surface area contributed by atoms with Gasteiger partial charge >= 0.3 is 0 Å². The lowest BCUT2D eigenvalue weighted by Crippen LogP contribution is -2.58. The highest BCUT2D eigenvalue weighted by molar-refractivity contribution is 4.85. The van der Waals surface area contributed by atoms with Crippen LogP contribution in [0.5, 0.6) is 0 Å². The van der Waals surface area contributed by atoms with Gasteiger partial charge in [-0.2, -0.15) is 0 Å². The fourth-order valence-electron chi connectivity index (χ4n) is 1.75. The zero-order valence-electron chi connectivity index (χ0n) is 8.51. The predicted octanol–water partition coefficient (Wildman–Crippen LogP) is -0.158. The standard InChI is InChI=1S/C9H21N3/c1-4-12(6-5-10-2)9-7-11(3)8-9/h9-10H,4-8H2,1-3H3. The summed E-state index contributed by atoms with van der Waals surface area (Å²) in [6.07, 6.45) is 0. The van der Waals surface area contributed by atoms with Gasteiger partial charge in [0, 0.05) is 32.2 Å². The van der Waals surface area contributed by atoms with Crippen molar-refractivity contribution in [2.75, 3.05) is 46.8 Å². The topological polar surface area (TPSA) is 18.5 Å². The molecule has 1 fully saturated rings. The first kappa shape index (κ1) is 9.96. The Balaban J connectivity index is 2.16. The van der Waals surface area contributed by atoms with Crippen LogP contribution in [0.4, 0.5) is 0 Å². The van der Waals surface area contributed by atoms with Crippen molar-refractivity contribution in [1.82, 2.24) is 15.1 Å². The van der Waals surface area contributed by atoms with Gasteiger partial charge in [-0.3, -0.25) is 4.90 Å². The van der Waals surface area contributed by atoms with E-state index in [4.69, 9.17) is 0 Å². The lowest BCUT2D eigenvalue weighted by molar-refractivity contribution is 0.0570. The number of likely N-dealkylation sites (N-methyl/N-ethyl adjacent to an activating group) is 3. The highest BCUT2D eigenvalue weighted by Crippen LogP contribution is 2.11. The predicted molar refractivity (Wildman–Crippen MR) is 52.5 cm³/mol. The molecule has 0 aromatic rings. The summed E-state index contributed by atoms with van der Waals surface area (Å²) in [5.41, 5.74) is 0. The maximum Gasteiger partial charge on any atom is 0.0350 e. The van der Waals surface area contributed by atoms with Gasteiger partial charge in [-0.25, -0.2) is 0 Å². The quantitative estimate of drug-likeness (QED) is 0.620. The van der Waals surface area contributed by atoms with E-state index < -0.39 is 0 Å². The molecule has 0 aromatic heterocycles. The summed E-state index contributed by atoms with van der Waals surface area (Å²) in [7, 11) is 4.20. The Morgan fingerprint density at radius 1 is 1.50 bits per heavy atom. The molecule has 1 rings (SSSR count). The number of hydrogen-bond acceptors (Lipinski definition) is 3. The molecule has 1 N–H and O–H groups in total. The van der Waals surface area contributed by atoms with Crippen LogP contribution in [0.15, 0.2) is 0 Å². The van der Waals surface area contributed by atoms with Crippen molar-refractivity contribution in [3.63, 3.8) is 0 Å². The second-order valence-electron chi connectivity index (χ2n) is 3.61. The van der Waals surface area contributed by atoms with Crippen molar-refractivity contribution >= 4 is 0 Å². The minimum absolute atomic E-state index is 0.813. The van der Waals surface area contributed by atoms with Crippen molar-refractivity contribution in [1.29, 1.82) is 0 Å². The van der Waals surface area contributed by atoms with E-state index in [1.807, 2.05) is 7.05 Å². The van der Waals surface area contributed by atoms with Crippen LogP contribution in [0.25, 0.3) is 0 Å². The number of hydrogen-bond donors (Lipinski definition) is 1. The first-order chi connectivity index (χ1) is 5.77. The van der Waals surface area contributed by atoms with Crippen molar-refractivity contribution < 1.29 is 0 Å². The zero-order chi connectivity index (χ0) is 8.97. The first-order valence-corrected chi connectivity index (χ1v) is 4.85. The average molecular weight is 171 g/mol. The molecular formula is C9H21N3. The minimum Gasteiger partial charge on any atom is -0.318 e. The molecule has 72 valence electrons. The highest BCUT2D eigenvalue weighted by atomic mass is 15.3. The average Bonchev–Trinajstić information content (AvgIpc) is 2.02. The van der Waals surface area contributed by atoms with Crippen LogP contribution in [0.3, 0.4) is 0 Å². The molecule has 0 radical (unpaired) electrons. The van der Waals surface area contributed by atoms with E-state index in [-0.39, 0.29) is 0 Å². The van der Waals surface area contributed by atoms with Crippen LogP contribution in [0, 0.1) is 0 Å². The summed E-state index contributed by atoms with van der Waals surface area (Å²) >= 11 is 0. The molecule has 12 heavy (non-hydrogen) atoms. The van der Waals surface area contributed by atoms with E-state index >= 15 is 0 Å². The Morgan fingerprint density at radius 3 is 2.58 bits per heavy atom. The second kappa shape index (κ2) is 4.80. The van der Waals surface area contributed by atoms with Crippen molar-refractivity contribution in [3.05, 3.63) is 0 Å². The van der Waals surface area contributed by atoms with Crippen molar-refractivity contribution in [2.45, 2.75) is 13.0 Å². The van der Waals surface area contributed by atoms with Crippen LogP contribution in [-0.4, -0.2) is 62.7 Å². The maximum atomic E-state index is 3.19. The van der Waals surface area contributed by atoms with E-state index in [9.17, 15) is 0 Å². The third-order valence-electron chi connectivity index (χ3n) is 2.62. The molecule has 0 saturated carbocycles. The molecule has 0 atom stereocenters. The van der Waals surface area contributed by atoms with Gasteiger partial charge in [0.15, 0.2) is 0 Å². The second-order valence-corrected chi connectivity index (χ2v) is 3.61. The highest BCUT2D eigenvalue weighted by Gasteiger charge is 2.27. The maximum absolute atomic E-state index is 3.19. The molecule has 0 aliphatic carbocycles. The lowest BCUT2D eigenvalue weighted by atomic mass is 10.1. The minimum atomic E-state index is 0.813. The first-order valence-electron chi connectivity index (χ1n) is 4.85. The number of likely N-dealkylation sites (tertiary alicyclic amines) is 1. The summed E-state index contributed by atoms with van der Waals surface area (Å²) < 4.78 is 0. The molecule has 0 bridgehead atoms. The number of nitrogens with zero attached hydrogens (tertiary/aromatic N) is 2. The van der Waals surface area contributed by atoms with Gasteiger partial charge in [-0.1, -0.05) is 6.92 Å². The van der Waals surface area contributed by atoms with Crippen LogP contribution in [0.1, 0.15) is 6.92 Å². The van der Waals surface area contributed by atoms with Crippen LogP contribution in [0.2, 0.25) is 0 Å². The molecular weight excluding hydrogens is 150 g/mol. The number of rotatable bonds is 5. The Kier molecular flexibility index (Phi) is 3.98. The summed E-state index contributed by atoms with van der Waals surface area (Å²) in [5, 5.41) is 3.19. The summed E-state index contributed by atoms with van der Waals surface area (Å²) in [6.45, 7) is 8.21. The van der Waals surface area contributed by atoms with Gasteiger partial charge in [0.25, 0.3) is 0 Å². The summed E-state index contributed by atoms with van der Waals surface area (Å²) in [4.78, 5) is 4.92. The van der Waals surface area contributed by atoms with Crippen LogP contribution in [-0.2, 0) is 0 Å². The molecule has 1 aliphatic rings. The monoisotopic (exact) mass is 171 g/mol. The smallest absolute Gasteiger partial charge is 0.0350 e. The van der Waals surface area contributed by atoms with E-state index in [2.05, 4.69) is 29.1 Å². The molecule has 0 amide bonds. The number of nitrogens with one attached hydrogen (secondary N) is 1. The van der Waals surface area contributed by atoms with Gasteiger partial charge in [0.05, 0.1) is 0 Å². The SMILES string of the molecule is CCN(CCNC)C1CN(C)C1. The molecule has 0 spiro atoms. The molecule has 0 unspecified atom stereocenters. The van der Waals surface area contributed by atoms with Crippen molar-refractivity contribution in [2.24, 2.45) is 0 Å². The lowest BCUT2D eigenvalue weighted by Gasteiger charge is -2.43. The third kappa shape index (κ3) is 2.44. The van der Waals surface area contributed by atoms with Crippen LogP contribution >= 0.6 is 0 Å². The Morgan fingerprint density at radius 2 is 2.17 bits per heavy atom. The van der Waals surface area contributed by atoms with E-state index in [0.29, 0.717) is 0 Å². The Hall–Kier alpha value is -0.120. The normalized spacial score (nSPS) is 20.0. The molecule has 0 aromatic carbocycles. The Labute approximate surface area is 75.7 Å². The van der Waals surface area contributed by atoms with Gasteiger partial charge in [-0.05, 0) is 20.6 Å². The summed E-state index contributed by atoms with van der Waals surface area (Å²) in [5.74, 6) is 0. The largest absolute Gasteiger partial charge is 0.318 e. The van der Waals surface area contributed by atoms with E-state index in [1.165, 1.54) is 26.2 Å². The van der Waals surface area contributed by atoms with Crippen molar-refractivity contribution in [3.8, 4) is 0 Å². The van der Waals surface area contributed by atoms with Gasteiger partial charge in [0.1, 0.15) is 0 Å². The molecule has 1 saturated heterocycles.